The van der Waals surface area contributed by atoms with Crippen LogP contribution in [0.4, 0.5) is 43.7 Å². The van der Waals surface area contributed by atoms with Gasteiger partial charge in [0.05, 0.1) is 37.4 Å². The van der Waals surface area contributed by atoms with Crippen molar-refractivity contribution in [2.75, 3.05) is 17.2 Å². The number of anilines is 3. The van der Waals surface area contributed by atoms with Crippen molar-refractivity contribution < 1.29 is 45.8 Å². The molecule has 1 unspecified atom stereocenters. The van der Waals surface area contributed by atoms with Crippen molar-refractivity contribution in [2.24, 2.45) is 7.05 Å². The number of benzene rings is 3. The lowest BCUT2D eigenvalue weighted by atomic mass is 10.1. The van der Waals surface area contributed by atoms with Crippen LogP contribution in [0.1, 0.15) is 22.8 Å². The summed E-state index contributed by atoms with van der Waals surface area (Å²) >= 11 is 18.6. The van der Waals surface area contributed by atoms with Gasteiger partial charge in [-0.25, -0.2) is 18.2 Å². The van der Waals surface area contributed by atoms with Crippen molar-refractivity contribution in [1.29, 1.82) is 0 Å². The van der Waals surface area contributed by atoms with Gasteiger partial charge in [-0.15, -0.1) is 0 Å². The van der Waals surface area contributed by atoms with E-state index in [1.165, 1.54) is 41.9 Å². The molecule has 0 bridgehead atoms. The van der Waals surface area contributed by atoms with E-state index in [9.17, 15) is 41.0 Å². The number of ether oxygens (including phenoxy) is 1. The number of amides is 2. The lowest BCUT2D eigenvalue weighted by Crippen LogP contribution is -2.54. The normalized spacial score (nSPS) is 13.1. The van der Waals surface area contributed by atoms with Crippen LogP contribution in [0.5, 0.6) is 5.75 Å². The molecule has 0 radical (unpaired) electrons. The molecule has 1 atom stereocenters. The molecule has 0 aliphatic heterocycles. The summed E-state index contributed by atoms with van der Waals surface area (Å²) in [6.07, 6.45) is -8.10. The molecule has 0 aliphatic carbocycles. The van der Waals surface area contributed by atoms with Crippen molar-refractivity contribution in [3.05, 3.63) is 74.5 Å². The first-order chi connectivity index (χ1) is 21.4. The fraction of sp³-hybridized carbons (Fsp3) is 0.250. The van der Waals surface area contributed by atoms with Gasteiger partial charge in [0.15, 0.2) is 0 Å². The van der Waals surface area contributed by atoms with Gasteiger partial charge in [0.2, 0.25) is 11.5 Å². The molecular formula is C28H22Cl3F6N5O4. The van der Waals surface area contributed by atoms with E-state index in [4.69, 9.17) is 39.5 Å². The minimum Gasteiger partial charge on any atom is -0.487 e. The van der Waals surface area contributed by atoms with Gasteiger partial charge in [0, 0.05) is 25.3 Å². The number of nitrogens with zero attached hydrogens (tertiary/aromatic N) is 2. The average Bonchev–Trinajstić information content (AvgIpc) is 3.28. The van der Waals surface area contributed by atoms with Crippen LogP contribution >= 0.6 is 34.8 Å². The van der Waals surface area contributed by atoms with Gasteiger partial charge in [0.25, 0.3) is 18.2 Å². The molecule has 4 N–H and O–H groups in total. The number of nitrogens with one attached hydrogen (secondary N) is 3. The fourth-order valence-electron chi connectivity index (χ4n) is 3.99. The van der Waals surface area contributed by atoms with Crippen molar-refractivity contribution in [2.45, 2.75) is 31.7 Å². The van der Waals surface area contributed by atoms with Crippen LogP contribution in [0.3, 0.4) is 0 Å². The molecule has 46 heavy (non-hydrogen) atoms. The first kappa shape index (κ1) is 34.9. The second kappa shape index (κ2) is 13.4. The molecule has 0 aliphatic rings. The molecule has 2 amide bonds. The van der Waals surface area contributed by atoms with Gasteiger partial charge in [-0.2, -0.15) is 13.2 Å². The summed E-state index contributed by atoms with van der Waals surface area (Å²) in [5.41, 5.74) is -3.08. The molecule has 0 fully saturated rings. The fourth-order valence-corrected chi connectivity index (χ4v) is 4.70. The highest BCUT2D eigenvalue weighted by atomic mass is 35.5. The zero-order chi connectivity index (χ0) is 34.1. The van der Waals surface area contributed by atoms with Crippen molar-refractivity contribution in [3.8, 4) is 5.75 Å². The average molecular weight is 713 g/mol. The SMILES string of the molecule is Cn1c(Nc2c(Cl)ccc(CNC(=O)C(C)(O)C(F)(F)F)c2Cl)nc2cc(C(=O)Nc3ccc(F)c(Cl)c3)c(OCC(F)F)cc21. The molecule has 0 saturated heterocycles. The van der Waals surface area contributed by atoms with E-state index in [2.05, 4.69) is 15.6 Å². The first-order valence-corrected chi connectivity index (χ1v) is 14.0. The summed E-state index contributed by atoms with van der Waals surface area (Å²) in [4.78, 5) is 29.6. The third kappa shape index (κ3) is 7.38. The highest BCUT2D eigenvalue weighted by Crippen LogP contribution is 2.37. The largest absolute Gasteiger partial charge is 0.487 e. The van der Waals surface area contributed by atoms with E-state index in [0.717, 1.165) is 12.1 Å². The van der Waals surface area contributed by atoms with E-state index < -0.39 is 49.0 Å². The Kier molecular flexibility index (Phi) is 10.2. The number of rotatable bonds is 10. The topological polar surface area (TPSA) is 118 Å². The lowest BCUT2D eigenvalue weighted by molar-refractivity contribution is -0.245. The second-order valence-corrected chi connectivity index (χ2v) is 11.1. The number of halogens is 9. The Labute approximate surface area is 271 Å². The van der Waals surface area contributed by atoms with Crippen LogP contribution in [-0.2, 0) is 18.4 Å². The van der Waals surface area contributed by atoms with Crippen LogP contribution in [-0.4, -0.2) is 51.3 Å². The second-order valence-electron chi connectivity index (χ2n) is 9.89. The molecule has 1 aromatic heterocycles. The number of aromatic nitrogens is 2. The summed E-state index contributed by atoms with van der Waals surface area (Å²) in [5, 5.41) is 16.6. The Bertz CT molecular complexity index is 1820. The van der Waals surface area contributed by atoms with Gasteiger partial charge >= 0.3 is 6.18 Å². The van der Waals surface area contributed by atoms with Gasteiger partial charge in [-0.05, 0) is 42.8 Å². The summed E-state index contributed by atoms with van der Waals surface area (Å²) in [5.74, 6) is -3.39. The van der Waals surface area contributed by atoms with Gasteiger partial charge in [-0.3, -0.25) is 9.59 Å². The first-order valence-electron chi connectivity index (χ1n) is 12.9. The van der Waals surface area contributed by atoms with Crippen LogP contribution in [0.2, 0.25) is 15.1 Å². The number of aliphatic hydroxyl groups is 1. The summed E-state index contributed by atoms with van der Waals surface area (Å²) in [7, 11) is 1.53. The molecule has 0 saturated carbocycles. The standard InChI is InChI=1S/C28H22Cl3F6N5O4/c1-27(45,28(35,36)37)25(44)38-10-12-3-5-15(29)23(22(12)31)41-26-40-18-8-14(20(46-11-21(33)34)9-19(18)42(26)2)24(43)39-13-4-6-17(32)16(30)7-13/h3-9,21,45H,10-11H2,1-2H3,(H,38,44)(H,39,43)(H,40,41). The zero-order valence-corrected chi connectivity index (χ0v) is 25.8. The number of carbonyl (C=O) groups is 2. The molecule has 18 heteroatoms. The van der Waals surface area contributed by atoms with Crippen molar-refractivity contribution in [1.82, 2.24) is 14.9 Å². The van der Waals surface area contributed by atoms with Crippen LogP contribution in [0.15, 0.2) is 42.5 Å². The van der Waals surface area contributed by atoms with E-state index in [1.54, 1.807) is 0 Å². The molecule has 9 nitrogen and oxygen atoms in total. The minimum atomic E-state index is -5.23. The number of imidazole rings is 1. The van der Waals surface area contributed by atoms with Crippen LogP contribution < -0.4 is 20.7 Å². The summed E-state index contributed by atoms with van der Waals surface area (Å²) in [6.45, 7) is -1.24. The third-order valence-electron chi connectivity index (χ3n) is 6.61. The van der Waals surface area contributed by atoms with E-state index >= 15 is 0 Å². The van der Waals surface area contributed by atoms with E-state index in [1.807, 2.05) is 5.32 Å². The predicted octanol–water partition coefficient (Wildman–Crippen LogP) is 7.24. The van der Waals surface area contributed by atoms with E-state index in [0.29, 0.717) is 12.4 Å². The zero-order valence-electron chi connectivity index (χ0n) is 23.5. The Morgan fingerprint density at radius 3 is 2.39 bits per heavy atom. The van der Waals surface area contributed by atoms with Crippen molar-refractivity contribution >= 4 is 75.0 Å². The Morgan fingerprint density at radius 1 is 1.07 bits per heavy atom. The molecule has 3 aromatic carbocycles. The molecule has 246 valence electrons. The Balaban J connectivity index is 1.66. The Morgan fingerprint density at radius 2 is 1.76 bits per heavy atom. The number of aryl methyl sites for hydroxylation is 1. The third-order valence-corrected chi connectivity index (χ3v) is 7.65. The maximum atomic E-state index is 13.6. The number of alkyl halides is 5. The monoisotopic (exact) mass is 711 g/mol. The summed E-state index contributed by atoms with van der Waals surface area (Å²) in [6, 6.07) is 8.68. The van der Waals surface area contributed by atoms with Gasteiger partial charge in [-0.1, -0.05) is 40.9 Å². The number of carbonyl (C=O) groups excluding carboxylic acids is 2. The quantitative estimate of drug-likeness (QED) is 0.129. The Hall–Kier alpha value is -3.92. The smallest absolute Gasteiger partial charge is 0.426 e. The van der Waals surface area contributed by atoms with Crippen LogP contribution in [0, 0.1) is 5.82 Å². The lowest BCUT2D eigenvalue weighted by Gasteiger charge is -2.25. The van der Waals surface area contributed by atoms with Crippen LogP contribution in [0.25, 0.3) is 11.0 Å². The summed E-state index contributed by atoms with van der Waals surface area (Å²) < 4.78 is 85.3. The minimum absolute atomic E-state index is 0.0383. The predicted molar refractivity (Wildman–Crippen MR) is 160 cm³/mol. The molecule has 0 spiro atoms. The van der Waals surface area contributed by atoms with Gasteiger partial charge < -0.3 is 30.4 Å². The van der Waals surface area contributed by atoms with Gasteiger partial charge in [0.1, 0.15) is 18.2 Å². The maximum Gasteiger partial charge on any atom is 0.426 e. The number of hydrogen-bond acceptors (Lipinski definition) is 6. The number of hydrogen-bond donors (Lipinski definition) is 4. The maximum absolute atomic E-state index is 13.6. The van der Waals surface area contributed by atoms with E-state index in [-0.39, 0.29) is 54.8 Å². The molecule has 1 heterocycles. The van der Waals surface area contributed by atoms with Crippen molar-refractivity contribution in [3.63, 3.8) is 0 Å². The molecule has 4 aromatic rings. The number of fused-ring (bicyclic) bond motifs is 1. The highest BCUT2D eigenvalue weighted by molar-refractivity contribution is 6.39. The molecule has 4 rings (SSSR count). The highest BCUT2D eigenvalue weighted by Gasteiger charge is 2.55. The molecular weight excluding hydrogens is 691 g/mol.